The Balaban J connectivity index is 2.13. The van der Waals surface area contributed by atoms with Gasteiger partial charge in [-0.15, -0.1) is 11.8 Å². The van der Waals surface area contributed by atoms with Gasteiger partial charge in [-0.25, -0.2) is 4.79 Å². The Morgan fingerprint density at radius 1 is 1.32 bits per heavy atom. The number of aromatic hydroxyl groups is 1. The van der Waals surface area contributed by atoms with E-state index < -0.39 is 46.1 Å². The second-order valence-electron chi connectivity index (χ2n) is 6.89. The fourth-order valence-electron chi connectivity index (χ4n) is 2.88. The average Bonchev–Trinajstić information content (AvgIpc) is 2.94. The van der Waals surface area contributed by atoms with Gasteiger partial charge in [0.05, 0.1) is 12.0 Å². The van der Waals surface area contributed by atoms with Crippen LogP contribution in [0.3, 0.4) is 0 Å². The van der Waals surface area contributed by atoms with Crippen molar-refractivity contribution in [3.05, 3.63) is 29.8 Å². The zero-order chi connectivity index (χ0) is 21.1. The van der Waals surface area contributed by atoms with Gasteiger partial charge in [0.2, 0.25) is 5.91 Å². The van der Waals surface area contributed by atoms with E-state index in [2.05, 4.69) is 10.6 Å². The standard InChI is InChI=1S/C18H25N3O6S/c1-4-27-17(26)13-18(2,3)28-15(21-13)12(16(24)25)20-14(23)11(19)9-5-7-10(22)8-6-9/h5-8,11-13,15,21-22H,4,19H2,1-3H3,(H,20,23)(H,24,25)/t11?,12-,13?,15-/m0/s1. The molecule has 1 aromatic carbocycles. The minimum absolute atomic E-state index is 0.0264. The molecule has 0 spiro atoms. The average molecular weight is 411 g/mol. The largest absolute Gasteiger partial charge is 0.508 e. The Morgan fingerprint density at radius 3 is 2.46 bits per heavy atom. The maximum absolute atomic E-state index is 12.5. The number of esters is 1. The Bertz CT molecular complexity index is 739. The van der Waals surface area contributed by atoms with Crippen molar-refractivity contribution in [2.45, 2.75) is 49.0 Å². The Labute approximate surface area is 167 Å². The summed E-state index contributed by atoms with van der Waals surface area (Å²) in [7, 11) is 0. The van der Waals surface area contributed by atoms with E-state index in [-0.39, 0.29) is 12.4 Å². The fraction of sp³-hybridized carbons (Fsp3) is 0.500. The molecule has 10 heteroatoms. The quantitative estimate of drug-likeness (QED) is 0.400. The minimum Gasteiger partial charge on any atom is -0.508 e. The normalized spacial score (nSPS) is 22.9. The molecular formula is C18H25N3O6S. The van der Waals surface area contributed by atoms with Crippen LogP contribution >= 0.6 is 11.8 Å². The third kappa shape index (κ3) is 4.94. The van der Waals surface area contributed by atoms with E-state index in [1.54, 1.807) is 20.8 Å². The SMILES string of the molecule is CCOC(=O)C1N[C@H]([C@H](NC(=O)C(N)c2ccc(O)cc2)C(=O)O)SC1(C)C. The van der Waals surface area contributed by atoms with Crippen molar-refractivity contribution in [1.29, 1.82) is 0 Å². The van der Waals surface area contributed by atoms with Crippen molar-refractivity contribution in [2.75, 3.05) is 6.61 Å². The van der Waals surface area contributed by atoms with Gasteiger partial charge in [0, 0.05) is 4.75 Å². The van der Waals surface area contributed by atoms with Crippen molar-refractivity contribution in [2.24, 2.45) is 5.73 Å². The van der Waals surface area contributed by atoms with Crippen molar-refractivity contribution < 1.29 is 29.3 Å². The number of hydrogen-bond donors (Lipinski definition) is 5. The summed E-state index contributed by atoms with van der Waals surface area (Å²) < 4.78 is 4.42. The third-order valence-corrected chi connectivity index (χ3v) is 5.89. The first kappa shape index (κ1) is 22.0. The molecule has 1 amide bonds. The van der Waals surface area contributed by atoms with Gasteiger partial charge in [-0.2, -0.15) is 0 Å². The molecule has 1 aliphatic heterocycles. The molecule has 0 saturated carbocycles. The predicted octanol–water partition coefficient (Wildman–Crippen LogP) is 0.334. The van der Waals surface area contributed by atoms with Gasteiger partial charge >= 0.3 is 11.9 Å². The van der Waals surface area contributed by atoms with Crippen LogP contribution in [0.2, 0.25) is 0 Å². The van der Waals surface area contributed by atoms with Crippen LogP contribution in [0.25, 0.3) is 0 Å². The molecule has 2 unspecified atom stereocenters. The number of carboxylic acid groups (broad SMARTS) is 1. The molecule has 1 aliphatic rings. The Morgan fingerprint density at radius 2 is 1.93 bits per heavy atom. The van der Waals surface area contributed by atoms with Crippen molar-refractivity contribution in [3.8, 4) is 5.75 Å². The van der Waals surface area contributed by atoms with Crippen LogP contribution in [-0.4, -0.2) is 56.9 Å². The molecular weight excluding hydrogens is 386 g/mol. The van der Waals surface area contributed by atoms with Crippen LogP contribution in [0.5, 0.6) is 5.75 Å². The van der Waals surface area contributed by atoms with E-state index in [0.717, 1.165) is 0 Å². The van der Waals surface area contributed by atoms with Crippen LogP contribution in [0.15, 0.2) is 24.3 Å². The fourth-order valence-corrected chi connectivity index (χ4v) is 4.36. The molecule has 1 saturated heterocycles. The number of carbonyl (C=O) groups is 3. The molecule has 0 aliphatic carbocycles. The monoisotopic (exact) mass is 411 g/mol. The highest BCUT2D eigenvalue weighted by atomic mass is 32.2. The summed E-state index contributed by atoms with van der Waals surface area (Å²) in [6, 6.07) is 2.61. The summed E-state index contributed by atoms with van der Waals surface area (Å²) in [5.41, 5.74) is 6.34. The summed E-state index contributed by atoms with van der Waals surface area (Å²) in [4.78, 5) is 36.4. The molecule has 0 aromatic heterocycles. The van der Waals surface area contributed by atoms with Gasteiger partial charge in [-0.1, -0.05) is 12.1 Å². The smallest absolute Gasteiger partial charge is 0.328 e. The van der Waals surface area contributed by atoms with Crippen LogP contribution < -0.4 is 16.4 Å². The number of thioether (sulfide) groups is 1. The zero-order valence-electron chi connectivity index (χ0n) is 15.8. The van der Waals surface area contributed by atoms with Gasteiger partial charge in [-0.3, -0.25) is 14.9 Å². The summed E-state index contributed by atoms with van der Waals surface area (Å²) >= 11 is 1.24. The van der Waals surface area contributed by atoms with Crippen LogP contribution in [0.1, 0.15) is 32.4 Å². The lowest BCUT2D eigenvalue weighted by Crippen LogP contribution is -2.55. The number of carbonyl (C=O) groups excluding carboxylic acids is 2. The molecule has 2 rings (SSSR count). The van der Waals surface area contributed by atoms with Gasteiger partial charge in [0.1, 0.15) is 17.8 Å². The first-order chi connectivity index (χ1) is 13.1. The number of amides is 1. The number of aliphatic carboxylic acids is 1. The topological polar surface area (TPSA) is 151 Å². The van der Waals surface area contributed by atoms with Crippen molar-refractivity contribution in [1.82, 2.24) is 10.6 Å². The molecule has 9 nitrogen and oxygen atoms in total. The molecule has 0 radical (unpaired) electrons. The first-order valence-corrected chi connectivity index (χ1v) is 9.63. The van der Waals surface area contributed by atoms with E-state index in [1.807, 2.05) is 0 Å². The first-order valence-electron chi connectivity index (χ1n) is 8.75. The number of benzene rings is 1. The number of nitrogens with two attached hydrogens (primary N) is 1. The van der Waals surface area contributed by atoms with Crippen LogP contribution in [-0.2, 0) is 19.1 Å². The number of ether oxygens (including phenoxy) is 1. The Hall–Kier alpha value is -2.30. The van der Waals surface area contributed by atoms with E-state index >= 15 is 0 Å². The predicted molar refractivity (Wildman–Crippen MR) is 104 cm³/mol. The molecule has 1 fully saturated rings. The maximum Gasteiger partial charge on any atom is 0.328 e. The zero-order valence-corrected chi connectivity index (χ0v) is 16.7. The molecule has 1 aromatic rings. The summed E-state index contributed by atoms with van der Waals surface area (Å²) in [6.07, 6.45) is 0. The molecule has 0 bridgehead atoms. The lowest BCUT2D eigenvalue weighted by molar-refractivity contribution is -0.147. The lowest BCUT2D eigenvalue weighted by atomic mass is 10.0. The van der Waals surface area contributed by atoms with E-state index in [0.29, 0.717) is 5.56 Å². The summed E-state index contributed by atoms with van der Waals surface area (Å²) in [6.45, 7) is 5.50. The van der Waals surface area contributed by atoms with Gasteiger partial charge in [0.15, 0.2) is 6.04 Å². The molecule has 154 valence electrons. The lowest BCUT2D eigenvalue weighted by Gasteiger charge is -2.23. The van der Waals surface area contributed by atoms with E-state index in [4.69, 9.17) is 10.5 Å². The minimum atomic E-state index is -1.31. The maximum atomic E-state index is 12.5. The van der Waals surface area contributed by atoms with E-state index in [9.17, 15) is 24.6 Å². The van der Waals surface area contributed by atoms with Crippen molar-refractivity contribution >= 4 is 29.6 Å². The molecule has 28 heavy (non-hydrogen) atoms. The van der Waals surface area contributed by atoms with Gasteiger partial charge in [-0.05, 0) is 38.5 Å². The highest BCUT2D eigenvalue weighted by molar-refractivity contribution is 8.01. The highest BCUT2D eigenvalue weighted by Crippen LogP contribution is 2.39. The van der Waals surface area contributed by atoms with Gasteiger partial charge < -0.3 is 26.0 Å². The second kappa shape index (κ2) is 8.80. The Kier molecular flexibility index (Phi) is 6.91. The summed E-state index contributed by atoms with van der Waals surface area (Å²) in [5, 5.41) is 23.6. The molecule has 6 N–H and O–H groups in total. The molecule has 4 atom stereocenters. The number of nitrogens with one attached hydrogen (secondary N) is 2. The highest BCUT2D eigenvalue weighted by Gasteiger charge is 2.50. The number of phenols is 1. The van der Waals surface area contributed by atoms with Gasteiger partial charge in [0.25, 0.3) is 0 Å². The second-order valence-corrected chi connectivity index (χ2v) is 8.68. The number of hydrogen-bond acceptors (Lipinski definition) is 8. The van der Waals surface area contributed by atoms with Crippen LogP contribution in [0.4, 0.5) is 0 Å². The van der Waals surface area contributed by atoms with E-state index in [1.165, 1.54) is 36.0 Å². The number of phenolic OH excluding ortho intramolecular Hbond substituents is 1. The van der Waals surface area contributed by atoms with Crippen molar-refractivity contribution in [3.63, 3.8) is 0 Å². The summed E-state index contributed by atoms with van der Waals surface area (Å²) in [5.74, 6) is -2.38. The van der Waals surface area contributed by atoms with Crippen LogP contribution in [0, 0.1) is 0 Å². The third-order valence-electron chi connectivity index (χ3n) is 4.38. The molecule has 1 heterocycles. The number of carboxylic acids is 1. The number of rotatable bonds is 7.